The van der Waals surface area contributed by atoms with Gasteiger partial charge in [0.15, 0.2) is 5.82 Å². The first-order valence-corrected chi connectivity index (χ1v) is 6.50. The minimum absolute atomic E-state index is 0.333. The van der Waals surface area contributed by atoms with Gasteiger partial charge in [-0.1, -0.05) is 11.6 Å². The Morgan fingerprint density at radius 3 is 3.19 bits per heavy atom. The van der Waals surface area contributed by atoms with Gasteiger partial charge in [0.1, 0.15) is 0 Å². The molecule has 0 aliphatic carbocycles. The number of thioether (sulfide) groups is 1. The van der Waals surface area contributed by atoms with Crippen molar-refractivity contribution in [3.8, 4) is 12.3 Å². The number of nitrogens with two attached hydrogens (primary N) is 1. The zero-order chi connectivity index (χ0) is 11.4. The molecule has 0 radical (unpaired) electrons. The van der Waals surface area contributed by atoms with E-state index in [1.165, 1.54) is 18.6 Å². The summed E-state index contributed by atoms with van der Waals surface area (Å²) in [4.78, 5) is 4.33. The van der Waals surface area contributed by atoms with E-state index in [0.29, 0.717) is 17.6 Å². The minimum Gasteiger partial charge on any atom is -0.338 e. The van der Waals surface area contributed by atoms with Gasteiger partial charge in [-0.15, -0.1) is 12.3 Å². The fourth-order valence-corrected chi connectivity index (χ4v) is 2.92. The molecule has 1 aliphatic rings. The van der Waals surface area contributed by atoms with Crippen LogP contribution in [0.2, 0.25) is 0 Å². The third-order valence-corrected chi connectivity index (χ3v) is 3.95. The average Bonchev–Trinajstić information content (AvgIpc) is 2.80. The van der Waals surface area contributed by atoms with E-state index in [1.807, 2.05) is 11.8 Å². The van der Waals surface area contributed by atoms with E-state index in [4.69, 9.17) is 16.7 Å². The summed E-state index contributed by atoms with van der Waals surface area (Å²) in [5, 5.41) is 4.35. The molecule has 1 aromatic rings. The van der Waals surface area contributed by atoms with E-state index in [1.54, 1.807) is 0 Å². The summed E-state index contributed by atoms with van der Waals surface area (Å²) in [5.41, 5.74) is 5.80. The molecule has 2 atom stereocenters. The first kappa shape index (κ1) is 11.5. The molecule has 2 N–H and O–H groups in total. The van der Waals surface area contributed by atoms with Gasteiger partial charge in [0, 0.05) is 6.42 Å². The molecule has 1 aliphatic heterocycles. The third kappa shape index (κ3) is 2.57. The zero-order valence-electron chi connectivity index (χ0n) is 9.06. The molecule has 1 aromatic heterocycles. The lowest BCUT2D eigenvalue weighted by atomic mass is 10.2. The number of terminal acetylenes is 1. The first-order chi connectivity index (χ1) is 7.81. The summed E-state index contributed by atoms with van der Waals surface area (Å²) in [6.45, 7) is 0. The number of aromatic nitrogens is 2. The van der Waals surface area contributed by atoms with Crippen molar-refractivity contribution in [2.45, 2.75) is 37.0 Å². The van der Waals surface area contributed by atoms with Crippen molar-refractivity contribution in [3.63, 3.8) is 0 Å². The number of hydrogen-bond acceptors (Lipinski definition) is 5. The van der Waals surface area contributed by atoms with Crippen molar-refractivity contribution in [1.29, 1.82) is 0 Å². The highest BCUT2D eigenvalue weighted by Crippen LogP contribution is 2.36. The van der Waals surface area contributed by atoms with Crippen LogP contribution in [0.4, 0.5) is 0 Å². The van der Waals surface area contributed by atoms with Crippen molar-refractivity contribution in [2.75, 3.05) is 5.75 Å². The molecule has 4 nitrogen and oxygen atoms in total. The smallest absolute Gasteiger partial charge is 0.244 e. The van der Waals surface area contributed by atoms with Gasteiger partial charge in [-0.2, -0.15) is 16.7 Å². The molecule has 0 aromatic carbocycles. The summed E-state index contributed by atoms with van der Waals surface area (Å²) in [6, 6.07) is -0.333. The molecule has 86 valence electrons. The molecule has 2 rings (SSSR count). The minimum atomic E-state index is -0.333. The maximum absolute atomic E-state index is 5.80. The number of hydrogen-bond donors (Lipinski definition) is 1. The maximum Gasteiger partial charge on any atom is 0.244 e. The van der Waals surface area contributed by atoms with E-state index in [2.05, 4.69) is 16.1 Å². The monoisotopic (exact) mass is 237 g/mol. The summed E-state index contributed by atoms with van der Waals surface area (Å²) >= 11 is 1.89. The lowest BCUT2D eigenvalue weighted by Crippen LogP contribution is -2.10. The average molecular weight is 237 g/mol. The highest BCUT2D eigenvalue weighted by atomic mass is 32.2. The lowest BCUT2D eigenvalue weighted by Gasteiger charge is -2.17. The van der Waals surface area contributed by atoms with Crippen LogP contribution in [0.15, 0.2) is 4.52 Å². The Bertz CT molecular complexity index is 379. The Balaban J connectivity index is 2.04. The van der Waals surface area contributed by atoms with Crippen LogP contribution in [-0.2, 0) is 0 Å². The molecule has 0 amide bonds. The second-order valence-electron chi connectivity index (χ2n) is 3.86. The summed E-state index contributed by atoms with van der Waals surface area (Å²) in [7, 11) is 0. The largest absolute Gasteiger partial charge is 0.338 e. The topological polar surface area (TPSA) is 64.9 Å². The van der Waals surface area contributed by atoms with Crippen LogP contribution < -0.4 is 5.73 Å². The molecule has 0 spiro atoms. The molecule has 5 heteroatoms. The van der Waals surface area contributed by atoms with Crippen molar-refractivity contribution in [1.82, 2.24) is 10.1 Å². The van der Waals surface area contributed by atoms with Crippen LogP contribution in [0.25, 0.3) is 0 Å². The van der Waals surface area contributed by atoms with Crippen LogP contribution in [0.3, 0.4) is 0 Å². The summed E-state index contributed by atoms with van der Waals surface area (Å²) < 4.78 is 5.14. The van der Waals surface area contributed by atoms with E-state index < -0.39 is 0 Å². The van der Waals surface area contributed by atoms with Gasteiger partial charge >= 0.3 is 0 Å². The molecule has 1 fully saturated rings. The maximum atomic E-state index is 5.80. The second-order valence-corrected chi connectivity index (χ2v) is 5.17. The highest BCUT2D eigenvalue weighted by Gasteiger charge is 2.22. The molecule has 2 unspecified atom stereocenters. The van der Waals surface area contributed by atoms with Crippen LogP contribution in [-0.4, -0.2) is 15.9 Å². The van der Waals surface area contributed by atoms with E-state index in [0.717, 1.165) is 12.2 Å². The normalized spacial score (nSPS) is 22.6. The van der Waals surface area contributed by atoms with Gasteiger partial charge in [0.05, 0.1) is 11.3 Å². The van der Waals surface area contributed by atoms with Crippen LogP contribution in [0.5, 0.6) is 0 Å². The second kappa shape index (κ2) is 5.37. The summed E-state index contributed by atoms with van der Waals surface area (Å²) in [6.07, 6.45) is 9.26. The van der Waals surface area contributed by atoms with E-state index in [9.17, 15) is 0 Å². The predicted octanol–water partition coefficient (Wildman–Crippen LogP) is 2.05. The van der Waals surface area contributed by atoms with Crippen molar-refractivity contribution in [3.05, 3.63) is 11.7 Å². The highest BCUT2D eigenvalue weighted by molar-refractivity contribution is 7.99. The molecular weight excluding hydrogens is 222 g/mol. The van der Waals surface area contributed by atoms with Gasteiger partial charge in [0.2, 0.25) is 5.89 Å². The third-order valence-electron chi connectivity index (χ3n) is 2.58. The fraction of sp³-hybridized carbons (Fsp3) is 0.636. The van der Waals surface area contributed by atoms with Gasteiger partial charge in [-0.05, 0) is 18.6 Å². The Morgan fingerprint density at radius 1 is 1.62 bits per heavy atom. The molecule has 0 saturated carbocycles. The standard InChI is InChI=1S/C11H15N3OS/c1-2-5-8(12)11-13-10(14-15-11)9-6-3-4-7-16-9/h1,8-9H,3-7,12H2. The van der Waals surface area contributed by atoms with Crippen LogP contribution >= 0.6 is 11.8 Å². The molecule has 1 saturated heterocycles. The van der Waals surface area contributed by atoms with Gasteiger partial charge in [-0.3, -0.25) is 0 Å². The molecule has 16 heavy (non-hydrogen) atoms. The quantitative estimate of drug-likeness (QED) is 0.815. The van der Waals surface area contributed by atoms with Crippen LogP contribution in [0.1, 0.15) is 48.7 Å². The van der Waals surface area contributed by atoms with E-state index in [-0.39, 0.29) is 6.04 Å². The molecule has 0 bridgehead atoms. The van der Waals surface area contributed by atoms with Gasteiger partial charge in [-0.25, -0.2) is 0 Å². The number of rotatable bonds is 3. The first-order valence-electron chi connectivity index (χ1n) is 5.45. The van der Waals surface area contributed by atoms with Crippen molar-refractivity contribution >= 4 is 11.8 Å². The Morgan fingerprint density at radius 2 is 2.50 bits per heavy atom. The zero-order valence-corrected chi connectivity index (χ0v) is 9.87. The fourth-order valence-electron chi connectivity index (χ4n) is 1.69. The number of nitrogens with zero attached hydrogens (tertiary/aromatic N) is 2. The predicted molar refractivity (Wildman–Crippen MR) is 63.7 cm³/mol. The SMILES string of the molecule is C#CCC(N)c1nc(C2CCCCS2)no1. The van der Waals surface area contributed by atoms with Crippen molar-refractivity contribution in [2.24, 2.45) is 5.73 Å². The Kier molecular flexibility index (Phi) is 3.86. The summed E-state index contributed by atoms with van der Waals surface area (Å²) in [5.74, 6) is 4.90. The van der Waals surface area contributed by atoms with Gasteiger partial charge in [0.25, 0.3) is 0 Å². The Labute approximate surface area is 99.4 Å². The molecule has 2 heterocycles. The van der Waals surface area contributed by atoms with E-state index >= 15 is 0 Å². The van der Waals surface area contributed by atoms with Crippen molar-refractivity contribution < 1.29 is 4.52 Å². The van der Waals surface area contributed by atoms with Crippen LogP contribution in [0, 0.1) is 12.3 Å². The molecular formula is C11H15N3OS. The van der Waals surface area contributed by atoms with Gasteiger partial charge < -0.3 is 10.3 Å². The Hall–Kier alpha value is -0.990. The lowest BCUT2D eigenvalue weighted by molar-refractivity contribution is 0.351.